The third-order valence-corrected chi connectivity index (χ3v) is 6.32. The maximum Gasteiger partial charge on any atom is 0.204 e. The van der Waals surface area contributed by atoms with Crippen LogP contribution in [-0.4, -0.2) is 13.2 Å². The van der Waals surface area contributed by atoms with Crippen molar-refractivity contribution in [2.45, 2.75) is 65.7 Å². The van der Waals surface area contributed by atoms with Crippen LogP contribution < -0.4 is 9.47 Å². The molecule has 0 radical (unpaired) electrons. The highest BCUT2D eigenvalue weighted by atomic mass is 19.2. The van der Waals surface area contributed by atoms with Crippen LogP contribution in [0, 0.1) is 35.3 Å². The second-order valence-electron chi connectivity index (χ2n) is 8.45. The average Bonchev–Trinajstić information content (AvgIpc) is 2.70. The zero-order valence-electron chi connectivity index (χ0n) is 16.4. The fraction of sp³-hybridized carbons (Fsp3) is 0.667. The van der Waals surface area contributed by atoms with E-state index in [9.17, 15) is 8.78 Å². The highest BCUT2D eigenvalue weighted by Crippen LogP contribution is 2.33. The summed E-state index contributed by atoms with van der Waals surface area (Å²) in [6.45, 7) is 6.99. The Balaban J connectivity index is 0.00000280. The maximum atomic E-state index is 14.4. The van der Waals surface area contributed by atoms with Crippen molar-refractivity contribution in [1.82, 2.24) is 0 Å². The number of halogens is 2. The molecule has 0 heterocycles. The minimum Gasteiger partial charge on any atom is -0.490 e. The van der Waals surface area contributed by atoms with Gasteiger partial charge in [0.15, 0.2) is 11.5 Å². The molecular weight excluding hydrogens is 358 g/mol. The van der Waals surface area contributed by atoms with Crippen molar-refractivity contribution in [1.29, 1.82) is 0 Å². The van der Waals surface area contributed by atoms with Gasteiger partial charge in [0.25, 0.3) is 0 Å². The van der Waals surface area contributed by atoms with Gasteiger partial charge in [0.1, 0.15) is 0 Å². The van der Waals surface area contributed by atoms with Gasteiger partial charge in [-0.25, -0.2) is 0 Å². The van der Waals surface area contributed by atoms with Crippen LogP contribution >= 0.6 is 0 Å². The third-order valence-electron chi connectivity index (χ3n) is 6.32. The Morgan fingerprint density at radius 2 is 1.32 bits per heavy atom. The SMILES string of the molecule is C.C=CC1CCC(COc2ccc(OCC3CCC(C)CC3)c(F)c2F)CC1.[HH].[HH]. The summed E-state index contributed by atoms with van der Waals surface area (Å²) < 4.78 is 39.9. The Kier molecular flexibility index (Phi) is 8.78. The molecule has 4 heteroatoms. The molecule has 0 aliphatic heterocycles. The molecule has 2 aliphatic rings. The van der Waals surface area contributed by atoms with E-state index in [-0.39, 0.29) is 21.8 Å². The zero-order chi connectivity index (χ0) is 19.2. The van der Waals surface area contributed by atoms with Crippen molar-refractivity contribution in [2.75, 3.05) is 13.2 Å². The summed E-state index contributed by atoms with van der Waals surface area (Å²) in [5.74, 6) is 0.273. The largest absolute Gasteiger partial charge is 0.490 e. The molecule has 3 rings (SSSR count). The van der Waals surface area contributed by atoms with Crippen LogP contribution in [0.3, 0.4) is 0 Å². The van der Waals surface area contributed by atoms with Crippen LogP contribution in [0.15, 0.2) is 24.8 Å². The van der Waals surface area contributed by atoms with Crippen molar-refractivity contribution in [3.05, 3.63) is 36.4 Å². The summed E-state index contributed by atoms with van der Waals surface area (Å²) in [6, 6.07) is 2.99. The highest BCUT2D eigenvalue weighted by molar-refractivity contribution is 5.35. The second-order valence-corrected chi connectivity index (χ2v) is 8.45. The number of hydrogen-bond acceptors (Lipinski definition) is 2. The summed E-state index contributed by atoms with van der Waals surface area (Å²) in [4.78, 5) is 0. The second kappa shape index (κ2) is 10.8. The standard InChI is InChI=1S/C23H32F2O2.CH4.2H2/c1-3-17-8-10-19(11-9-17)15-27-21-13-12-20(22(24)23(21)25)26-14-18-6-4-16(2)5-7-18;;;/h3,12-13,16-19H,1,4-11,14-15H2,2H3;1H4;2*1H. The Morgan fingerprint density at radius 3 is 1.75 bits per heavy atom. The van der Waals surface area contributed by atoms with Crippen LogP contribution in [0.2, 0.25) is 0 Å². The smallest absolute Gasteiger partial charge is 0.204 e. The molecule has 0 bridgehead atoms. The Labute approximate surface area is 172 Å². The molecule has 2 fully saturated rings. The number of rotatable bonds is 7. The van der Waals surface area contributed by atoms with Crippen molar-refractivity contribution in [3.8, 4) is 11.5 Å². The van der Waals surface area contributed by atoms with Gasteiger partial charge >= 0.3 is 0 Å². The average molecular weight is 399 g/mol. The fourth-order valence-corrected chi connectivity index (χ4v) is 4.24. The van der Waals surface area contributed by atoms with Crippen LogP contribution in [0.25, 0.3) is 0 Å². The molecule has 1 aromatic carbocycles. The third kappa shape index (κ3) is 5.96. The Morgan fingerprint density at radius 1 is 0.893 bits per heavy atom. The molecule has 0 amide bonds. The first-order valence-electron chi connectivity index (χ1n) is 10.4. The molecule has 162 valence electrons. The monoisotopic (exact) mass is 398 g/mol. The van der Waals surface area contributed by atoms with E-state index >= 15 is 0 Å². The molecule has 2 saturated carbocycles. The minimum atomic E-state index is -0.940. The quantitative estimate of drug-likeness (QED) is 0.439. The lowest BCUT2D eigenvalue weighted by molar-refractivity contribution is 0.176. The first kappa shape index (κ1) is 22.7. The number of ether oxygens (including phenoxy) is 2. The Bertz CT molecular complexity index is 626. The van der Waals surface area contributed by atoms with E-state index in [0.717, 1.165) is 44.4 Å². The van der Waals surface area contributed by atoms with Gasteiger partial charge in [0.2, 0.25) is 11.6 Å². The summed E-state index contributed by atoms with van der Waals surface area (Å²) >= 11 is 0. The number of benzene rings is 1. The van der Waals surface area contributed by atoms with Gasteiger partial charge in [-0.3, -0.25) is 0 Å². The van der Waals surface area contributed by atoms with Gasteiger partial charge < -0.3 is 9.47 Å². The molecule has 0 atom stereocenters. The lowest BCUT2D eigenvalue weighted by Gasteiger charge is -2.27. The van der Waals surface area contributed by atoms with E-state index < -0.39 is 11.6 Å². The number of hydrogen-bond donors (Lipinski definition) is 0. The van der Waals surface area contributed by atoms with Crippen molar-refractivity contribution >= 4 is 0 Å². The molecule has 0 N–H and O–H groups in total. The summed E-state index contributed by atoms with van der Waals surface area (Å²) in [5.41, 5.74) is 0. The van der Waals surface area contributed by atoms with Crippen molar-refractivity contribution < 1.29 is 21.1 Å². The Hall–Kier alpha value is -1.58. The van der Waals surface area contributed by atoms with Gasteiger partial charge in [-0.15, -0.1) is 6.58 Å². The molecule has 28 heavy (non-hydrogen) atoms. The summed E-state index contributed by atoms with van der Waals surface area (Å²) in [7, 11) is 0. The van der Waals surface area contributed by atoms with E-state index in [1.165, 1.54) is 25.0 Å². The molecule has 0 aromatic heterocycles. The fourth-order valence-electron chi connectivity index (χ4n) is 4.24. The van der Waals surface area contributed by atoms with Gasteiger partial charge in [0, 0.05) is 2.85 Å². The van der Waals surface area contributed by atoms with E-state index in [4.69, 9.17) is 9.47 Å². The number of allylic oxidation sites excluding steroid dienone is 1. The molecule has 1 aromatic rings. The van der Waals surface area contributed by atoms with E-state index in [1.807, 2.05) is 6.08 Å². The first-order chi connectivity index (χ1) is 13.1. The molecular formula is C24H40F2O2. The first-order valence-corrected chi connectivity index (χ1v) is 10.4. The topological polar surface area (TPSA) is 18.5 Å². The molecule has 0 saturated heterocycles. The molecule has 2 aliphatic carbocycles. The lowest BCUT2D eigenvalue weighted by atomic mass is 9.82. The highest BCUT2D eigenvalue weighted by Gasteiger charge is 2.23. The molecule has 2 nitrogen and oxygen atoms in total. The van der Waals surface area contributed by atoms with E-state index in [1.54, 1.807) is 0 Å². The van der Waals surface area contributed by atoms with Crippen LogP contribution in [0.1, 0.15) is 68.6 Å². The lowest BCUT2D eigenvalue weighted by Crippen LogP contribution is -2.20. The van der Waals surface area contributed by atoms with E-state index in [2.05, 4.69) is 13.5 Å². The molecule has 0 spiro atoms. The van der Waals surface area contributed by atoms with Crippen LogP contribution in [-0.2, 0) is 0 Å². The maximum absolute atomic E-state index is 14.4. The van der Waals surface area contributed by atoms with Crippen LogP contribution in [0.4, 0.5) is 8.78 Å². The van der Waals surface area contributed by atoms with Crippen molar-refractivity contribution in [2.24, 2.45) is 23.7 Å². The predicted octanol–water partition coefficient (Wildman–Crippen LogP) is 7.67. The predicted molar refractivity (Wildman–Crippen MR) is 115 cm³/mol. The summed E-state index contributed by atoms with van der Waals surface area (Å²) in [6.07, 6.45) is 10.9. The van der Waals surface area contributed by atoms with Gasteiger partial charge in [-0.2, -0.15) is 8.78 Å². The van der Waals surface area contributed by atoms with Gasteiger partial charge in [-0.05, 0) is 74.3 Å². The molecule has 0 unspecified atom stereocenters. The van der Waals surface area contributed by atoms with Crippen LogP contribution in [0.5, 0.6) is 11.5 Å². The van der Waals surface area contributed by atoms with Gasteiger partial charge in [0.05, 0.1) is 13.2 Å². The zero-order valence-corrected chi connectivity index (χ0v) is 16.4. The van der Waals surface area contributed by atoms with Crippen molar-refractivity contribution in [3.63, 3.8) is 0 Å². The minimum absolute atomic E-state index is 0. The summed E-state index contributed by atoms with van der Waals surface area (Å²) in [5, 5.41) is 0. The normalized spacial score (nSPS) is 27.5. The van der Waals surface area contributed by atoms with E-state index in [0.29, 0.717) is 31.0 Å². The van der Waals surface area contributed by atoms with Gasteiger partial charge in [-0.1, -0.05) is 33.3 Å².